The molecule has 4 nitrogen and oxygen atoms in total. The van der Waals surface area contributed by atoms with Crippen LogP contribution >= 0.6 is 11.3 Å². The van der Waals surface area contributed by atoms with Gasteiger partial charge in [-0.15, -0.1) is 11.3 Å². The molecular formula is C13H10N2O2S. The number of aryl methyl sites for hydroxylation is 1. The van der Waals surface area contributed by atoms with Crippen LogP contribution in [0.15, 0.2) is 35.8 Å². The van der Waals surface area contributed by atoms with Gasteiger partial charge in [0.25, 0.3) is 0 Å². The predicted molar refractivity (Wildman–Crippen MR) is 70.2 cm³/mol. The monoisotopic (exact) mass is 258 g/mol. The van der Waals surface area contributed by atoms with Gasteiger partial charge in [-0.05, 0) is 36.1 Å². The highest BCUT2D eigenvalue weighted by atomic mass is 32.1. The third-order valence-electron chi connectivity index (χ3n) is 2.82. The van der Waals surface area contributed by atoms with Crippen LogP contribution in [0.25, 0.3) is 16.2 Å². The van der Waals surface area contributed by atoms with Crippen LogP contribution in [0, 0.1) is 6.92 Å². The average Bonchev–Trinajstić information content (AvgIpc) is 2.92. The largest absolute Gasteiger partial charge is 0.476 e. The second-order valence-electron chi connectivity index (χ2n) is 3.98. The minimum Gasteiger partial charge on any atom is -0.476 e. The first-order valence-corrected chi connectivity index (χ1v) is 6.31. The summed E-state index contributed by atoms with van der Waals surface area (Å²) in [5, 5.41) is 11.2. The van der Waals surface area contributed by atoms with Gasteiger partial charge in [0, 0.05) is 6.20 Å². The van der Waals surface area contributed by atoms with E-state index in [4.69, 9.17) is 0 Å². The number of carboxylic acids is 1. The molecule has 1 N–H and O–H groups in total. The molecule has 0 amide bonds. The van der Waals surface area contributed by atoms with Crippen LogP contribution < -0.4 is 0 Å². The number of aromatic nitrogens is 2. The Bertz CT molecular complexity index is 742. The van der Waals surface area contributed by atoms with Crippen LogP contribution in [-0.4, -0.2) is 20.5 Å². The molecule has 0 spiro atoms. The first-order chi connectivity index (χ1) is 8.68. The summed E-state index contributed by atoms with van der Waals surface area (Å²) in [6.07, 6.45) is 1.84. The van der Waals surface area contributed by atoms with Gasteiger partial charge in [0.1, 0.15) is 0 Å². The number of pyridine rings is 1. The van der Waals surface area contributed by atoms with Crippen molar-refractivity contribution >= 4 is 22.8 Å². The SMILES string of the molecule is Cc1ccsc1-c1nc(C(=O)O)c2ccccn12. The highest BCUT2D eigenvalue weighted by Crippen LogP contribution is 2.29. The summed E-state index contributed by atoms with van der Waals surface area (Å²) >= 11 is 1.57. The van der Waals surface area contributed by atoms with Crippen LogP contribution in [0.4, 0.5) is 0 Å². The number of hydrogen-bond acceptors (Lipinski definition) is 3. The molecule has 3 aromatic rings. The Balaban J connectivity index is 2.37. The molecule has 0 bridgehead atoms. The van der Waals surface area contributed by atoms with E-state index in [0.717, 1.165) is 10.4 Å². The van der Waals surface area contributed by atoms with Crippen molar-refractivity contribution in [1.29, 1.82) is 0 Å². The lowest BCUT2D eigenvalue weighted by Crippen LogP contribution is -1.96. The predicted octanol–water partition coefficient (Wildman–Crippen LogP) is 3.07. The maximum Gasteiger partial charge on any atom is 0.356 e. The van der Waals surface area contributed by atoms with E-state index < -0.39 is 5.97 Å². The summed E-state index contributed by atoms with van der Waals surface area (Å²) < 4.78 is 1.82. The van der Waals surface area contributed by atoms with Crippen molar-refractivity contribution in [1.82, 2.24) is 9.38 Å². The molecular weight excluding hydrogens is 248 g/mol. The summed E-state index contributed by atoms with van der Waals surface area (Å²) in [6.45, 7) is 2.00. The van der Waals surface area contributed by atoms with Crippen molar-refractivity contribution in [3.05, 3.63) is 47.1 Å². The van der Waals surface area contributed by atoms with Crippen LogP contribution in [-0.2, 0) is 0 Å². The molecule has 5 heteroatoms. The first kappa shape index (κ1) is 11.0. The fourth-order valence-electron chi connectivity index (χ4n) is 1.96. The van der Waals surface area contributed by atoms with Crippen LogP contribution in [0.1, 0.15) is 16.1 Å². The Morgan fingerprint density at radius 2 is 2.22 bits per heavy atom. The van der Waals surface area contributed by atoms with Gasteiger partial charge < -0.3 is 5.11 Å². The van der Waals surface area contributed by atoms with Crippen molar-refractivity contribution in [3.8, 4) is 10.7 Å². The van der Waals surface area contributed by atoms with Crippen molar-refractivity contribution in [3.63, 3.8) is 0 Å². The van der Waals surface area contributed by atoms with Gasteiger partial charge in [-0.2, -0.15) is 0 Å². The van der Waals surface area contributed by atoms with Crippen molar-refractivity contribution in [2.75, 3.05) is 0 Å². The van der Waals surface area contributed by atoms with E-state index in [-0.39, 0.29) is 5.69 Å². The Morgan fingerprint density at radius 1 is 1.39 bits per heavy atom. The maximum absolute atomic E-state index is 11.2. The third kappa shape index (κ3) is 1.52. The summed E-state index contributed by atoms with van der Waals surface area (Å²) in [7, 11) is 0. The molecule has 3 rings (SSSR count). The number of fused-ring (bicyclic) bond motifs is 1. The van der Waals surface area contributed by atoms with Gasteiger partial charge in [-0.25, -0.2) is 9.78 Å². The molecule has 0 aliphatic rings. The molecule has 0 saturated carbocycles. The van der Waals surface area contributed by atoms with E-state index in [1.54, 1.807) is 17.4 Å². The molecule has 0 radical (unpaired) electrons. The molecule has 3 heterocycles. The molecule has 0 aromatic carbocycles. The van der Waals surface area contributed by atoms with Crippen LogP contribution in [0.2, 0.25) is 0 Å². The summed E-state index contributed by atoms with van der Waals surface area (Å²) in [5.74, 6) is -0.311. The fraction of sp³-hybridized carbons (Fsp3) is 0.0769. The lowest BCUT2D eigenvalue weighted by atomic mass is 10.3. The molecule has 0 aliphatic carbocycles. The first-order valence-electron chi connectivity index (χ1n) is 5.43. The summed E-state index contributed by atoms with van der Waals surface area (Å²) in [6, 6.07) is 7.45. The van der Waals surface area contributed by atoms with Gasteiger partial charge in [0.2, 0.25) is 0 Å². The van der Waals surface area contributed by atoms with E-state index in [1.165, 1.54) is 0 Å². The standard InChI is InChI=1S/C13H10N2O2S/c1-8-5-7-18-11(8)12-14-10(13(16)17)9-4-2-3-6-15(9)12/h2-7H,1H3,(H,16,17). The smallest absolute Gasteiger partial charge is 0.356 e. The van der Waals surface area contributed by atoms with Crippen LogP contribution in [0.5, 0.6) is 0 Å². The van der Waals surface area contributed by atoms with Gasteiger partial charge >= 0.3 is 5.97 Å². The zero-order valence-electron chi connectivity index (χ0n) is 9.62. The van der Waals surface area contributed by atoms with Gasteiger partial charge in [0.05, 0.1) is 10.4 Å². The number of carbonyl (C=O) groups is 1. The number of carboxylic acid groups (broad SMARTS) is 1. The molecule has 18 heavy (non-hydrogen) atoms. The highest BCUT2D eigenvalue weighted by molar-refractivity contribution is 7.13. The van der Waals surface area contributed by atoms with Gasteiger partial charge in [-0.3, -0.25) is 4.40 Å². The lowest BCUT2D eigenvalue weighted by molar-refractivity contribution is 0.0693. The number of hydrogen-bond donors (Lipinski definition) is 1. The van der Waals surface area contributed by atoms with E-state index in [9.17, 15) is 9.90 Å². The molecule has 0 aliphatic heterocycles. The minimum absolute atomic E-state index is 0.0957. The number of rotatable bonds is 2. The van der Waals surface area contributed by atoms with Gasteiger partial charge in [0.15, 0.2) is 11.5 Å². The zero-order chi connectivity index (χ0) is 12.7. The molecule has 0 fully saturated rings. The third-order valence-corrected chi connectivity index (χ3v) is 3.83. The Morgan fingerprint density at radius 3 is 2.89 bits per heavy atom. The fourth-order valence-corrected chi connectivity index (χ4v) is 2.87. The quantitative estimate of drug-likeness (QED) is 0.768. The molecule has 0 saturated heterocycles. The zero-order valence-corrected chi connectivity index (χ0v) is 10.4. The maximum atomic E-state index is 11.2. The molecule has 3 aromatic heterocycles. The number of imidazole rings is 1. The van der Waals surface area contributed by atoms with E-state index >= 15 is 0 Å². The number of nitrogens with zero attached hydrogens (tertiary/aromatic N) is 2. The minimum atomic E-state index is -1.00. The summed E-state index contributed by atoms with van der Waals surface area (Å²) in [4.78, 5) is 16.5. The summed E-state index contributed by atoms with van der Waals surface area (Å²) in [5.41, 5.74) is 1.82. The lowest BCUT2D eigenvalue weighted by Gasteiger charge is -1.99. The molecule has 90 valence electrons. The number of aromatic carboxylic acids is 1. The second kappa shape index (κ2) is 3.96. The highest BCUT2D eigenvalue weighted by Gasteiger charge is 2.18. The van der Waals surface area contributed by atoms with Crippen molar-refractivity contribution in [2.45, 2.75) is 6.92 Å². The van der Waals surface area contributed by atoms with E-state index in [0.29, 0.717) is 11.3 Å². The Hall–Kier alpha value is -2.14. The Labute approximate surface area is 107 Å². The molecule has 0 unspecified atom stereocenters. The second-order valence-corrected chi connectivity index (χ2v) is 4.89. The molecule has 0 atom stereocenters. The van der Waals surface area contributed by atoms with Crippen molar-refractivity contribution in [2.24, 2.45) is 0 Å². The van der Waals surface area contributed by atoms with Crippen LogP contribution in [0.3, 0.4) is 0 Å². The van der Waals surface area contributed by atoms with E-state index in [2.05, 4.69) is 4.98 Å². The topological polar surface area (TPSA) is 54.6 Å². The van der Waals surface area contributed by atoms with Gasteiger partial charge in [-0.1, -0.05) is 6.07 Å². The number of thiophene rings is 1. The normalized spacial score (nSPS) is 10.9. The average molecular weight is 258 g/mol. The van der Waals surface area contributed by atoms with Crippen molar-refractivity contribution < 1.29 is 9.90 Å². The van der Waals surface area contributed by atoms with E-state index in [1.807, 2.05) is 41.1 Å². The Kier molecular flexibility index (Phi) is 2.41.